The number of aromatic nitrogens is 2. The molecule has 82 valence electrons. The van der Waals surface area contributed by atoms with E-state index in [-0.39, 0.29) is 0 Å². The number of rotatable bonds is 2. The van der Waals surface area contributed by atoms with Crippen LogP contribution in [0.25, 0.3) is 0 Å². The number of hydrogen-bond acceptors (Lipinski definition) is 3. The number of halogens is 1. The lowest BCUT2D eigenvalue weighted by molar-refractivity contribution is 0.208. The largest absolute Gasteiger partial charge is 0.306 e. The van der Waals surface area contributed by atoms with Crippen molar-refractivity contribution in [3.8, 4) is 0 Å². The molecule has 1 aliphatic rings. The summed E-state index contributed by atoms with van der Waals surface area (Å²) in [5.74, 6) is 0.749. The van der Waals surface area contributed by atoms with Gasteiger partial charge < -0.3 is 4.90 Å². The van der Waals surface area contributed by atoms with E-state index in [1.54, 1.807) is 6.20 Å². The Morgan fingerprint density at radius 2 is 2.33 bits per heavy atom. The van der Waals surface area contributed by atoms with Crippen molar-refractivity contribution in [1.29, 1.82) is 0 Å². The first-order valence-corrected chi connectivity index (χ1v) is 6.18. The second-order valence-corrected chi connectivity index (χ2v) is 5.12. The van der Waals surface area contributed by atoms with Gasteiger partial charge in [0.15, 0.2) is 0 Å². The minimum absolute atomic E-state index is 0.749. The third-order valence-corrected chi connectivity index (χ3v) is 3.30. The minimum Gasteiger partial charge on any atom is -0.306 e. The maximum absolute atomic E-state index is 4.37. The summed E-state index contributed by atoms with van der Waals surface area (Å²) in [5.41, 5.74) is 1.11. The summed E-state index contributed by atoms with van der Waals surface area (Å²) >= 11 is 3.30. The average Bonchev–Trinajstić information content (AvgIpc) is 2.22. The van der Waals surface area contributed by atoms with Crippen LogP contribution < -0.4 is 0 Å². The molecule has 1 aromatic rings. The molecule has 1 unspecified atom stereocenters. The molecule has 0 spiro atoms. The first-order valence-electron chi connectivity index (χ1n) is 5.39. The Morgan fingerprint density at radius 1 is 1.47 bits per heavy atom. The topological polar surface area (TPSA) is 29.0 Å². The molecule has 0 saturated carbocycles. The van der Waals surface area contributed by atoms with Crippen LogP contribution in [0.4, 0.5) is 0 Å². The first-order chi connectivity index (χ1) is 7.24. The SMILES string of the molecule is CN1CCCC(Cc2cnc(Br)cn2)C1. The average molecular weight is 270 g/mol. The highest BCUT2D eigenvalue weighted by molar-refractivity contribution is 9.10. The van der Waals surface area contributed by atoms with Crippen molar-refractivity contribution in [1.82, 2.24) is 14.9 Å². The molecule has 2 heterocycles. The quantitative estimate of drug-likeness (QED) is 0.824. The maximum atomic E-state index is 4.37. The van der Waals surface area contributed by atoms with Gasteiger partial charge >= 0.3 is 0 Å². The third kappa shape index (κ3) is 3.24. The van der Waals surface area contributed by atoms with Gasteiger partial charge in [-0.2, -0.15) is 0 Å². The molecule has 0 radical (unpaired) electrons. The van der Waals surface area contributed by atoms with Gasteiger partial charge in [-0.3, -0.25) is 4.98 Å². The summed E-state index contributed by atoms with van der Waals surface area (Å²) < 4.78 is 0.812. The molecule has 3 nitrogen and oxygen atoms in total. The van der Waals surface area contributed by atoms with Crippen LogP contribution in [-0.2, 0) is 6.42 Å². The number of piperidine rings is 1. The van der Waals surface area contributed by atoms with E-state index < -0.39 is 0 Å². The van der Waals surface area contributed by atoms with Gasteiger partial charge in [0, 0.05) is 12.7 Å². The van der Waals surface area contributed by atoms with E-state index in [2.05, 4.69) is 37.8 Å². The molecule has 1 aliphatic heterocycles. The van der Waals surface area contributed by atoms with Crippen LogP contribution in [0.2, 0.25) is 0 Å². The third-order valence-electron chi connectivity index (χ3n) is 2.89. The predicted molar refractivity (Wildman–Crippen MR) is 63.7 cm³/mol. The highest BCUT2D eigenvalue weighted by atomic mass is 79.9. The summed E-state index contributed by atoms with van der Waals surface area (Å²) in [5, 5.41) is 0. The van der Waals surface area contributed by atoms with Crippen LogP contribution in [0.1, 0.15) is 18.5 Å². The Kier molecular flexibility index (Phi) is 3.70. The fourth-order valence-corrected chi connectivity index (χ4v) is 2.38. The summed E-state index contributed by atoms with van der Waals surface area (Å²) in [6.45, 7) is 2.43. The summed E-state index contributed by atoms with van der Waals surface area (Å²) in [4.78, 5) is 11.0. The number of likely N-dealkylation sites (tertiary alicyclic amines) is 1. The molecular weight excluding hydrogens is 254 g/mol. The standard InChI is InChI=1S/C11H16BrN3/c1-15-4-2-3-9(8-15)5-10-6-14-11(12)7-13-10/h6-7,9H,2-5,8H2,1H3. The lowest BCUT2D eigenvalue weighted by atomic mass is 9.94. The Bertz CT molecular complexity index is 312. The molecule has 0 bridgehead atoms. The number of hydrogen-bond donors (Lipinski definition) is 0. The van der Waals surface area contributed by atoms with Gasteiger partial charge in [0.1, 0.15) is 4.60 Å². The monoisotopic (exact) mass is 269 g/mol. The zero-order chi connectivity index (χ0) is 10.7. The van der Waals surface area contributed by atoms with E-state index in [1.165, 1.54) is 25.9 Å². The van der Waals surface area contributed by atoms with E-state index in [9.17, 15) is 0 Å². The van der Waals surface area contributed by atoms with Crippen LogP contribution in [0.15, 0.2) is 17.0 Å². The van der Waals surface area contributed by atoms with Gasteiger partial charge in [-0.25, -0.2) is 4.98 Å². The Hall–Kier alpha value is -0.480. The normalized spacial score (nSPS) is 22.9. The van der Waals surface area contributed by atoms with Gasteiger partial charge in [-0.05, 0) is 54.7 Å². The Balaban J connectivity index is 1.93. The van der Waals surface area contributed by atoms with Gasteiger partial charge in [-0.1, -0.05) is 0 Å². The lowest BCUT2D eigenvalue weighted by Gasteiger charge is -2.29. The van der Waals surface area contributed by atoms with Crippen LogP contribution in [-0.4, -0.2) is 35.0 Å². The zero-order valence-electron chi connectivity index (χ0n) is 8.99. The van der Waals surface area contributed by atoms with Crippen molar-refractivity contribution in [2.24, 2.45) is 5.92 Å². The van der Waals surface area contributed by atoms with Crippen molar-refractivity contribution in [3.63, 3.8) is 0 Å². The molecule has 0 aliphatic carbocycles. The van der Waals surface area contributed by atoms with Crippen molar-refractivity contribution in [2.75, 3.05) is 20.1 Å². The predicted octanol–water partition coefficient (Wildman–Crippen LogP) is 2.12. The second kappa shape index (κ2) is 5.03. The fraction of sp³-hybridized carbons (Fsp3) is 0.636. The highest BCUT2D eigenvalue weighted by Gasteiger charge is 2.17. The molecule has 0 aromatic carbocycles. The molecule has 2 rings (SSSR count). The van der Waals surface area contributed by atoms with E-state index in [4.69, 9.17) is 0 Å². The van der Waals surface area contributed by atoms with Gasteiger partial charge in [0.2, 0.25) is 0 Å². The van der Waals surface area contributed by atoms with Crippen molar-refractivity contribution < 1.29 is 0 Å². The first kappa shape index (κ1) is 11.0. The van der Waals surface area contributed by atoms with Crippen molar-refractivity contribution >= 4 is 15.9 Å². The van der Waals surface area contributed by atoms with Crippen LogP contribution in [0.5, 0.6) is 0 Å². The van der Waals surface area contributed by atoms with Gasteiger partial charge in [0.05, 0.1) is 11.9 Å². The maximum Gasteiger partial charge on any atom is 0.124 e. The van der Waals surface area contributed by atoms with Crippen LogP contribution in [0, 0.1) is 5.92 Å². The van der Waals surface area contributed by atoms with Crippen LogP contribution >= 0.6 is 15.9 Å². The molecule has 1 atom stereocenters. The molecule has 4 heteroatoms. The molecular formula is C11H16BrN3. The molecule has 0 amide bonds. The summed E-state index contributed by atoms with van der Waals surface area (Å²) in [6, 6.07) is 0. The van der Waals surface area contributed by atoms with E-state index >= 15 is 0 Å². The molecule has 1 saturated heterocycles. The molecule has 0 N–H and O–H groups in total. The molecule has 15 heavy (non-hydrogen) atoms. The van der Waals surface area contributed by atoms with Crippen molar-refractivity contribution in [3.05, 3.63) is 22.7 Å². The van der Waals surface area contributed by atoms with Gasteiger partial charge in [0.25, 0.3) is 0 Å². The van der Waals surface area contributed by atoms with E-state index in [0.29, 0.717) is 0 Å². The second-order valence-electron chi connectivity index (χ2n) is 4.31. The van der Waals surface area contributed by atoms with Gasteiger partial charge in [-0.15, -0.1) is 0 Å². The number of nitrogens with zero attached hydrogens (tertiary/aromatic N) is 3. The lowest BCUT2D eigenvalue weighted by Crippen LogP contribution is -2.33. The fourth-order valence-electron chi connectivity index (χ4n) is 2.18. The van der Waals surface area contributed by atoms with Crippen molar-refractivity contribution in [2.45, 2.75) is 19.3 Å². The smallest absolute Gasteiger partial charge is 0.124 e. The Labute approximate surface area is 99.0 Å². The Morgan fingerprint density at radius 3 is 3.00 bits per heavy atom. The highest BCUT2D eigenvalue weighted by Crippen LogP contribution is 2.18. The molecule has 1 fully saturated rings. The zero-order valence-corrected chi connectivity index (χ0v) is 10.6. The summed E-state index contributed by atoms with van der Waals surface area (Å²) in [6.07, 6.45) is 7.35. The summed E-state index contributed by atoms with van der Waals surface area (Å²) in [7, 11) is 2.19. The van der Waals surface area contributed by atoms with Crippen LogP contribution in [0.3, 0.4) is 0 Å². The molecule has 1 aromatic heterocycles. The minimum atomic E-state index is 0.749. The van der Waals surface area contributed by atoms with E-state index in [1.807, 2.05) is 6.20 Å². The van der Waals surface area contributed by atoms with E-state index in [0.717, 1.165) is 22.6 Å².